The van der Waals surface area contributed by atoms with E-state index < -0.39 is 5.60 Å². The number of rotatable bonds is 3. The molecule has 1 saturated heterocycles. The van der Waals surface area contributed by atoms with Gasteiger partial charge in [0.15, 0.2) is 0 Å². The Morgan fingerprint density at radius 3 is 2.71 bits per heavy atom. The molecule has 0 aromatic heterocycles. The molecule has 0 aromatic carbocycles. The van der Waals surface area contributed by atoms with Crippen molar-refractivity contribution >= 4 is 0 Å². The van der Waals surface area contributed by atoms with E-state index >= 15 is 0 Å². The van der Waals surface area contributed by atoms with Gasteiger partial charge in [-0.1, -0.05) is 39.5 Å². The lowest BCUT2D eigenvalue weighted by Gasteiger charge is -2.48. The highest BCUT2D eigenvalue weighted by Gasteiger charge is 2.45. The largest absolute Gasteiger partial charge is 0.388 e. The van der Waals surface area contributed by atoms with Gasteiger partial charge in [-0.15, -0.1) is 0 Å². The summed E-state index contributed by atoms with van der Waals surface area (Å²) in [5.74, 6) is 1.34. The smallest absolute Gasteiger partial charge is 0.0827 e. The Bertz CT molecular complexity index is 243. The number of hydrogen-bond donors (Lipinski definition) is 2. The van der Waals surface area contributed by atoms with Gasteiger partial charge >= 0.3 is 0 Å². The molecule has 100 valence electrons. The molecule has 2 heteroatoms. The highest BCUT2D eigenvalue weighted by Crippen LogP contribution is 2.41. The second-order valence-corrected chi connectivity index (χ2v) is 6.15. The van der Waals surface area contributed by atoms with Crippen molar-refractivity contribution in [3.8, 4) is 0 Å². The quantitative estimate of drug-likeness (QED) is 0.793. The van der Waals surface area contributed by atoms with E-state index in [4.69, 9.17) is 0 Å². The summed E-state index contributed by atoms with van der Waals surface area (Å²) >= 11 is 0. The van der Waals surface area contributed by atoms with Crippen LogP contribution in [-0.2, 0) is 0 Å². The number of nitrogens with one attached hydrogen (secondary N) is 1. The van der Waals surface area contributed by atoms with Gasteiger partial charge in [0, 0.05) is 6.04 Å². The molecule has 2 N–H and O–H groups in total. The van der Waals surface area contributed by atoms with Gasteiger partial charge in [-0.2, -0.15) is 0 Å². The van der Waals surface area contributed by atoms with Crippen molar-refractivity contribution in [2.45, 2.75) is 76.9 Å². The number of aliphatic hydroxyl groups is 1. The molecule has 4 atom stereocenters. The van der Waals surface area contributed by atoms with Crippen LogP contribution >= 0.6 is 0 Å². The molecule has 0 amide bonds. The zero-order valence-electron chi connectivity index (χ0n) is 11.5. The molecule has 2 nitrogen and oxygen atoms in total. The molecule has 2 aliphatic rings. The fourth-order valence-electron chi connectivity index (χ4n) is 4.02. The molecular formula is C15H29NO. The lowest BCUT2D eigenvalue weighted by molar-refractivity contribution is -0.0889. The summed E-state index contributed by atoms with van der Waals surface area (Å²) in [6.45, 7) is 5.62. The zero-order valence-corrected chi connectivity index (χ0v) is 11.5. The SMILES string of the molecule is CCC1CCNC(C2(O)CCCCC2CC)C1. The van der Waals surface area contributed by atoms with Crippen LogP contribution < -0.4 is 5.32 Å². The van der Waals surface area contributed by atoms with Crippen LogP contribution in [0.1, 0.15) is 65.2 Å². The molecule has 1 aliphatic heterocycles. The van der Waals surface area contributed by atoms with Gasteiger partial charge in [-0.05, 0) is 44.1 Å². The first-order chi connectivity index (χ1) is 8.20. The Morgan fingerprint density at radius 2 is 2.00 bits per heavy atom. The van der Waals surface area contributed by atoms with Gasteiger partial charge < -0.3 is 10.4 Å². The minimum Gasteiger partial charge on any atom is -0.388 e. The van der Waals surface area contributed by atoms with Crippen LogP contribution in [0.2, 0.25) is 0 Å². The van der Waals surface area contributed by atoms with Gasteiger partial charge in [0.1, 0.15) is 0 Å². The summed E-state index contributed by atoms with van der Waals surface area (Å²) in [6, 6.07) is 0.353. The van der Waals surface area contributed by atoms with Crippen molar-refractivity contribution < 1.29 is 5.11 Å². The molecule has 17 heavy (non-hydrogen) atoms. The molecule has 0 aromatic rings. The lowest BCUT2D eigenvalue weighted by atomic mass is 9.67. The van der Waals surface area contributed by atoms with Crippen LogP contribution in [0, 0.1) is 11.8 Å². The van der Waals surface area contributed by atoms with Gasteiger partial charge in [-0.3, -0.25) is 0 Å². The fourth-order valence-corrected chi connectivity index (χ4v) is 4.02. The Balaban J connectivity index is 2.06. The maximum absolute atomic E-state index is 11.1. The Labute approximate surface area is 106 Å². The summed E-state index contributed by atoms with van der Waals surface area (Å²) in [6.07, 6.45) is 9.63. The lowest BCUT2D eigenvalue weighted by Crippen LogP contribution is -2.59. The van der Waals surface area contributed by atoms with E-state index in [0.717, 1.165) is 25.3 Å². The van der Waals surface area contributed by atoms with Crippen molar-refractivity contribution in [1.82, 2.24) is 5.32 Å². The van der Waals surface area contributed by atoms with E-state index in [1.165, 1.54) is 38.5 Å². The third kappa shape index (κ3) is 2.68. The Kier molecular flexibility index (Phi) is 4.48. The molecule has 1 heterocycles. The van der Waals surface area contributed by atoms with E-state index in [2.05, 4.69) is 19.2 Å². The van der Waals surface area contributed by atoms with E-state index in [1.807, 2.05) is 0 Å². The standard InChI is InChI=1S/C15H29NO/c1-3-12-8-10-16-14(11-12)15(17)9-6-5-7-13(15)4-2/h12-14,16-17H,3-11H2,1-2H3. The molecule has 1 aliphatic carbocycles. The first-order valence-electron chi connectivity index (χ1n) is 7.66. The first kappa shape index (κ1) is 13.4. The van der Waals surface area contributed by atoms with Crippen molar-refractivity contribution in [1.29, 1.82) is 0 Å². The summed E-state index contributed by atoms with van der Waals surface area (Å²) in [4.78, 5) is 0. The fraction of sp³-hybridized carbons (Fsp3) is 1.00. The van der Waals surface area contributed by atoms with Crippen molar-refractivity contribution in [2.75, 3.05) is 6.54 Å². The molecule has 1 saturated carbocycles. The van der Waals surface area contributed by atoms with Crippen LogP contribution in [0.5, 0.6) is 0 Å². The van der Waals surface area contributed by atoms with E-state index in [1.54, 1.807) is 0 Å². The maximum atomic E-state index is 11.1. The van der Waals surface area contributed by atoms with E-state index in [0.29, 0.717) is 12.0 Å². The Morgan fingerprint density at radius 1 is 1.18 bits per heavy atom. The topological polar surface area (TPSA) is 32.3 Å². The monoisotopic (exact) mass is 239 g/mol. The Hall–Kier alpha value is -0.0800. The molecule has 2 rings (SSSR count). The average Bonchev–Trinajstić information content (AvgIpc) is 2.39. The second kappa shape index (κ2) is 5.71. The normalized spacial score (nSPS) is 43.6. The molecule has 0 spiro atoms. The van der Waals surface area contributed by atoms with Crippen molar-refractivity contribution in [3.05, 3.63) is 0 Å². The molecular weight excluding hydrogens is 210 g/mol. The minimum absolute atomic E-state index is 0.353. The van der Waals surface area contributed by atoms with Crippen molar-refractivity contribution in [3.63, 3.8) is 0 Å². The van der Waals surface area contributed by atoms with Gasteiger partial charge in [-0.25, -0.2) is 0 Å². The number of piperidine rings is 1. The third-order valence-corrected chi connectivity index (χ3v) is 5.27. The predicted molar refractivity (Wildman–Crippen MR) is 72.0 cm³/mol. The summed E-state index contributed by atoms with van der Waals surface area (Å²) in [5, 5.41) is 14.7. The van der Waals surface area contributed by atoms with Gasteiger partial charge in [0.05, 0.1) is 5.60 Å². The van der Waals surface area contributed by atoms with Crippen molar-refractivity contribution in [2.24, 2.45) is 11.8 Å². The summed E-state index contributed by atoms with van der Waals surface area (Å²) in [5.41, 5.74) is -0.416. The molecule has 2 fully saturated rings. The highest BCUT2D eigenvalue weighted by atomic mass is 16.3. The average molecular weight is 239 g/mol. The van der Waals surface area contributed by atoms with E-state index in [-0.39, 0.29) is 0 Å². The first-order valence-corrected chi connectivity index (χ1v) is 7.66. The highest BCUT2D eigenvalue weighted by molar-refractivity contribution is 5.00. The van der Waals surface area contributed by atoms with Gasteiger partial charge in [0.25, 0.3) is 0 Å². The second-order valence-electron chi connectivity index (χ2n) is 6.15. The van der Waals surface area contributed by atoms with Crippen LogP contribution in [-0.4, -0.2) is 23.3 Å². The zero-order chi connectivity index (χ0) is 12.3. The summed E-state index contributed by atoms with van der Waals surface area (Å²) in [7, 11) is 0. The molecule has 0 radical (unpaired) electrons. The predicted octanol–water partition coefficient (Wildman–Crippen LogP) is 3.10. The summed E-state index contributed by atoms with van der Waals surface area (Å²) < 4.78 is 0. The van der Waals surface area contributed by atoms with E-state index in [9.17, 15) is 5.11 Å². The minimum atomic E-state index is -0.416. The maximum Gasteiger partial charge on any atom is 0.0827 e. The molecule has 4 unspecified atom stereocenters. The van der Waals surface area contributed by atoms with Crippen LogP contribution in [0.4, 0.5) is 0 Å². The molecule has 0 bridgehead atoms. The van der Waals surface area contributed by atoms with Crippen LogP contribution in [0.3, 0.4) is 0 Å². The van der Waals surface area contributed by atoms with Crippen LogP contribution in [0.25, 0.3) is 0 Å². The van der Waals surface area contributed by atoms with Crippen LogP contribution in [0.15, 0.2) is 0 Å². The number of hydrogen-bond acceptors (Lipinski definition) is 2. The third-order valence-electron chi connectivity index (χ3n) is 5.27. The van der Waals surface area contributed by atoms with Gasteiger partial charge in [0.2, 0.25) is 0 Å².